The number of hydrogen-bond donors (Lipinski definition) is 2. The molecule has 0 bridgehead atoms. The van der Waals surface area contributed by atoms with Crippen LogP contribution in [0.3, 0.4) is 0 Å². The van der Waals surface area contributed by atoms with Crippen LogP contribution in [-0.4, -0.2) is 28.7 Å². The number of benzene rings is 1. The molecule has 1 aliphatic rings. The average molecular weight is 323 g/mol. The lowest BCUT2D eigenvalue weighted by Gasteiger charge is -2.21. The summed E-state index contributed by atoms with van der Waals surface area (Å²) in [5, 5.41) is 16.1. The number of anilines is 1. The van der Waals surface area contributed by atoms with Crippen LogP contribution in [0.5, 0.6) is 0 Å². The second-order valence-electron chi connectivity index (χ2n) is 4.91. The number of rotatable bonds is 3. The molecular formula is C14H15ClN4OS. The Labute approximate surface area is 131 Å². The van der Waals surface area contributed by atoms with Gasteiger partial charge in [0.05, 0.1) is 6.04 Å². The first-order valence-corrected chi connectivity index (χ1v) is 8.05. The molecule has 1 amide bonds. The van der Waals surface area contributed by atoms with Gasteiger partial charge in [0.25, 0.3) is 0 Å². The summed E-state index contributed by atoms with van der Waals surface area (Å²) in [4.78, 5) is 12.1. The van der Waals surface area contributed by atoms with E-state index in [1.807, 2.05) is 24.3 Å². The topological polar surface area (TPSA) is 66.9 Å². The van der Waals surface area contributed by atoms with Gasteiger partial charge in [0.1, 0.15) is 5.01 Å². The van der Waals surface area contributed by atoms with Gasteiger partial charge in [0.15, 0.2) is 0 Å². The van der Waals surface area contributed by atoms with Crippen molar-refractivity contribution in [2.75, 3.05) is 11.9 Å². The molecule has 2 N–H and O–H groups in total. The van der Waals surface area contributed by atoms with Crippen LogP contribution in [0.4, 0.5) is 5.13 Å². The van der Waals surface area contributed by atoms with Crippen molar-refractivity contribution in [3.05, 3.63) is 29.3 Å². The standard InChI is InChI=1S/C14H15ClN4OS/c15-10-6-4-9(5-7-10)13-18-19-14(21-13)17-12(20)11-3-1-2-8-16-11/h4-7,11,16H,1-3,8H2,(H,17,19,20). The fourth-order valence-corrected chi connectivity index (χ4v) is 3.13. The molecule has 1 saturated heterocycles. The van der Waals surface area contributed by atoms with Gasteiger partial charge in [-0.3, -0.25) is 10.1 Å². The predicted octanol–water partition coefficient (Wildman–Crippen LogP) is 2.94. The lowest BCUT2D eigenvalue weighted by atomic mass is 10.0. The van der Waals surface area contributed by atoms with Gasteiger partial charge in [-0.2, -0.15) is 0 Å². The van der Waals surface area contributed by atoms with Crippen LogP contribution in [0.25, 0.3) is 10.6 Å². The van der Waals surface area contributed by atoms with Crippen LogP contribution in [0, 0.1) is 0 Å². The molecule has 1 fully saturated rings. The maximum atomic E-state index is 12.1. The zero-order valence-corrected chi connectivity index (χ0v) is 12.9. The van der Waals surface area contributed by atoms with E-state index in [1.54, 1.807) is 0 Å². The van der Waals surface area contributed by atoms with Gasteiger partial charge in [-0.1, -0.05) is 41.5 Å². The van der Waals surface area contributed by atoms with Crippen molar-refractivity contribution in [2.24, 2.45) is 0 Å². The van der Waals surface area contributed by atoms with Gasteiger partial charge >= 0.3 is 0 Å². The summed E-state index contributed by atoms with van der Waals surface area (Å²) in [5.74, 6) is -0.0338. The highest BCUT2D eigenvalue weighted by Crippen LogP contribution is 2.27. The Morgan fingerprint density at radius 3 is 2.81 bits per heavy atom. The molecule has 1 aromatic heterocycles. The molecule has 7 heteroatoms. The Hall–Kier alpha value is -1.50. The van der Waals surface area contributed by atoms with E-state index >= 15 is 0 Å². The van der Waals surface area contributed by atoms with Crippen molar-refractivity contribution in [3.8, 4) is 10.6 Å². The molecule has 0 spiro atoms. The van der Waals surface area contributed by atoms with Crippen LogP contribution < -0.4 is 10.6 Å². The van der Waals surface area contributed by atoms with Gasteiger partial charge in [-0.15, -0.1) is 10.2 Å². The van der Waals surface area contributed by atoms with Crippen molar-refractivity contribution in [1.82, 2.24) is 15.5 Å². The van der Waals surface area contributed by atoms with Crippen LogP contribution in [0.15, 0.2) is 24.3 Å². The van der Waals surface area contributed by atoms with E-state index in [2.05, 4.69) is 20.8 Å². The highest BCUT2D eigenvalue weighted by molar-refractivity contribution is 7.18. The summed E-state index contributed by atoms with van der Waals surface area (Å²) < 4.78 is 0. The Balaban J connectivity index is 1.67. The first kappa shape index (κ1) is 14.4. The maximum absolute atomic E-state index is 12.1. The van der Waals surface area contributed by atoms with Crippen molar-refractivity contribution in [3.63, 3.8) is 0 Å². The van der Waals surface area contributed by atoms with E-state index < -0.39 is 0 Å². The number of amides is 1. The summed E-state index contributed by atoms with van der Waals surface area (Å²) in [6, 6.07) is 7.26. The summed E-state index contributed by atoms with van der Waals surface area (Å²) >= 11 is 7.22. The third kappa shape index (κ3) is 3.58. The summed E-state index contributed by atoms with van der Waals surface area (Å²) in [7, 11) is 0. The summed E-state index contributed by atoms with van der Waals surface area (Å²) in [6.07, 6.45) is 3.08. The fraction of sp³-hybridized carbons (Fsp3) is 0.357. The smallest absolute Gasteiger partial charge is 0.243 e. The van der Waals surface area contributed by atoms with E-state index in [0.29, 0.717) is 10.2 Å². The molecule has 2 aromatic rings. The molecule has 0 saturated carbocycles. The predicted molar refractivity (Wildman–Crippen MR) is 84.6 cm³/mol. The van der Waals surface area contributed by atoms with E-state index in [1.165, 1.54) is 11.3 Å². The van der Waals surface area contributed by atoms with Gasteiger partial charge in [0, 0.05) is 10.6 Å². The number of hydrogen-bond acceptors (Lipinski definition) is 5. The number of piperidine rings is 1. The molecule has 3 rings (SSSR count). The third-order valence-electron chi connectivity index (χ3n) is 3.37. The van der Waals surface area contributed by atoms with E-state index in [4.69, 9.17) is 11.6 Å². The zero-order chi connectivity index (χ0) is 14.7. The second-order valence-corrected chi connectivity index (χ2v) is 6.32. The number of nitrogens with zero attached hydrogens (tertiary/aromatic N) is 2. The molecule has 2 heterocycles. The number of nitrogens with one attached hydrogen (secondary N) is 2. The number of halogens is 1. The fourth-order valence-electron chi connectivity index (χ4n) is 2.25. The summed E-state index contributed by atoms with van der Waals surface area (Å²) in [6.45, 7) is 0.893. The van der Waals surface area contributed by atoms with Gasteiger partial charge in [-0.05, 0) is 31.5 Å². The normalized spacial score (nSPS) is 18.4. The zero-order valence-electron chi connectivity index (χ0n) is 11.3. The molecule has 21 heavy (non-hydrogen) atoms. The SMILES string of the molecule is O=C(Nc1nnc(-c2ccc(Cl)cc2)s1)C1CCCCN1. The average Bonchev–Trinajstić information content (AvgIpc) is 2.97. The number of aromatic nitrogens is 2. The lowest BCUT2D eigenvalue weighted by molar-refractivity contribution is -0.118. The molecule has 1 unspecified atom stereocenters. The van der Waals surface area contributed by atoms with Crippen molar-refractivity contribution >= 4 is 34.0 Å². The van der Waals surface area contributed by atoms with E-state index in [0.717, 1.165) is 36.4 Å². The van der Waals surface area contributed by atoms with E-state index in [-0.39, 0.29) is 11.9 Å². The Kier molecular flexibility index (Phi) is 4.48. The molecular weight excluding hydrogens is 308 g/mol. The lowest BCUT2D eigenvalue weighted by Crippen LogP contribution is -2.43. The van der Waals surface area contributed by atoms with Crippen LogP contribution >= 0.6 is 22.9 Å². The molecule has 1 atom stereocenters. The van der Waals surface area contributed by atoms with E-state index in [9.17, 15) is 4.79 Å². The van der Waals surface area contributed by atoms with Crippen molar-refractivity contribution in [2.45, 2.75) is 25.3 Å². The van der Waals surface area contributed by atoms with Crippen molar-refractivity contribution in [1.29, 1.82) is 0 Å². The van der Waals surface area contributed by atoms with Gasteiger partial charge in [-0.25, -0.2) is 0 Å². The molecule has 1 aliphatic heterocycles. The highest BCUT2D eigenvalue weighted by atomic mass is 35.5. The first-order chi connectivity index (χ1) is 10.2. The van der Waals surface area contributed by atoms with Gasteiger partial charge in [0.2, 0.25) is 11.0 Å². The Morgan fingerprint density at radius 1 is 1.29 bits per heavy atom. The quantitative estimate of drug-likeness (QED) is 0.911. The van der Waals surface area contributed by atoms with Crippen LogP contribution in [-0.2, 0) is 4.79 Å². The maximum Gasteiger partial charge on any atom is 0.243 e. The Morgan fingerprint density at radius 2 is 2.10 bits per heavy atom. The highest BCUT2D eigenvalue weighted by Gasteiger charge is 2.21. The van der Waals surface area contributed by atoms with Crippen LogP contribution in [0.2, 0.25) is 5.02 Å². The summed E-state index contributed by atoms with van der Waals surface area (Å²) in [5.41, 5.74) is 0.938. The molecule has 0 radical (unpaired) electrons. The molecule has 0 aliphatic carbocycles. The van der Waals surface area contributed by atoms with Crippen LogP contribution in [0.1, 0.15) is 19.3 Å². The Bertz CT molecular complexity index is 622. The minimum absolute atomic E-state index is 0.0338. The first-order valence-electron chi connectivity index (χ1n) is 6.86. The monoisotopic (exact) mass is 322 g/mol. The second kappa shape index (κ2) is 6.51. The number of carbonyl (C=O) groups is 1. The minimum Gasteiger partial charge on any atom is -0.306 e. The van der Waals surface area contributed by atoms with Crippen molar-refractivity contribution < 1.29 is 4.79 Å². The van der Waals surface area contributed by atoms with Gasteiger partial charge < -0.3 is 5.32 Å². The molecule has 110 valence electrons. The molecule has 5 nitrogen and oxygen atoms in total. The molecule has 1 aromatic carbocycles. The minimum atomic E-state index is -0.123. The largest absolute Gasteiger partial charge is 0.306 e. The third-order valence-corrected chi connectivity index (χ3v) is 4.51. The number of carbonyl (C=O) groups excluding carboxylic acids is 1.